The minimum atomic E-state index is -0.688. The molecule has 5 nitrogen and oxygen atoms in total. The third-order valence-corrected chi connectivity index (χ3v) is 3.67. The number of ether oxygens (including phenoxy) is 1. The predicted molar refractivity (Wildman–Crippen MR) is 83.4 cm³/mol. The van der Waals surface area contributed by atoms with Gasteiger partial charge in [0.2, 0.25) is 0 Å². The predicted octanol–water partition coefficient (Wildman–Crippen LogP) is 4.82. The second kappa shape index (κ2) is 6.77. The summed E-state index contributed by atoms with van der Waals surface area (Å²) in [6.07, 6.45) is -0.587. The third kappa shape index (κ3) is 3.55. The lowest BCUT2D eigenvalue weighted by atomic mass is 10.1. The van der Waals surface area contributed by atoms with Gasteiger partial charge in [0.15, 0.2) is 0 Å². The third-order valence-electron chi connectivity index (χ3n) is 3.01. The van der Waals surface area contributed by atoms with Gasteiger partial charge in [0.05, 0.1) is 10.5 Å². The first kappa shape index (κ1) is 16.3. The number of hydrogen-bond acceptors (Lipinski definition) is 4. The van der Waals surface area contributed by atoms with E-state index in [4.69, 9.17) is 27.9 Å². The molecule has 0 unspecified atom stereocenters. The van der Waals surface area contributed by atoms with Crippen LogP contribution in [0, 0.1) is 10.1 Å². The van der Waals surface area contributed by atoms with Gasteiger partial charge < -0.3 is 4.74 Å². The zero-order valence-corrected chi connectivity index (χ0v) is 13.0. The van der Waals surface area contributed by atoms with Crippen molar-refractivity contribution in [3.05, 3.63) is 73.8 Å². The zero-order chi connectivity index (χ0) is 16.3. The van der Waals surface area contributed by atoms with Gasteiger partial charge in [-0.3, -0.25) is 10.1 Å². The molecule has 0 fully saturated rings. The molecule has 0 aromatic heterocycles. The number of esters is 1. The lowest BCUT2D eigenvalue weighted by molar-refractivity contribution is -0.384. The Labute approximate surface area is 136 Å². The van der Waals surface area contributed by atoms with Crippen molar-refractivity contribution < 1.29 is 14.5 Å². The standard InChI is InChI=1S/C15H11Cl2NO4/c1-9(11-4-2-3-5-12(11)16)22-15(19)10-6-7-13(17)14(8-10)18(20)21/h2-9H,1H3/t9-/m1/s1. The Morgan fingerprint density at radius 3 is 2.50 bits per heavy atom. The van der Waals surface area contributed by atoms with Gasteiger partial charge in [0.1, 0.15) is 11.1 Å². The molecule has 0 bridgehead atoms. The van der Waals surface area contributed by atoms with E-state index in [2.05, 4.69) is 0 Å². The summed E-state index contributed by atoms with van der Waals surface area (Å²) >= 11 is 11.7. The normalized spacial score (nSPS) is 11.8. The smallest absolute Gasteiger partial charge is 0.338 e. The molecule has 0 aliphatic rings. The van der Waals surface area contributed by atoms with Crippen molar-refractivity contribution >= 4 is 34.9 Å². The van der Waals surface area contributed by atoms with Gasteiger partial charge in [-0.05, 0) is 25.1 Å². The van der Waals surface area contributed by atoms with E-state index in [9.17, 15) is 14.9 Å². The number of rotatable bonds is 4. The van der Waals surface area contributed by atoms with Crippen molar-refractivity contribution in [1.82, 2.24) is 0 Å². The fourth-order valence-corrected chi connectivity index (χ4v) is 2.35. The number of nitro benzene ring substituents is 1. The first-order chi connectivity index (χ1) is 10.4. The van der Waals surface area contributed by atoms with Gasteiger partial charge in [-0.15, -0.1) is 0 Å². The highest BCUT2D eigenvalue weighted by Crippen LogP contribution is 2.28. The Bertz CT molecular complexity index is 733. The molecule has 22 heavy (non-hydrogen) atoms. The van der Waals surface area contributed by atoms with Crippen molar-refractivity contribution in [2.45, 2.75) is 13.0 Å². The van der Waals surface area contributed by atoms with Gasteiger partial charge in [0, 0.05) is 16.7 Å². The lowest BCUT2D eigenvalue weighted by Crippen LogP contribution is -2.10. The van der Waals surface area contributed by atoms with Gasteiger partial charge in [-0.25, -0.2) is 4.79 Å². The van der Waals surface area contributed by atoms with E-state index >= 15 is 0 Å². The minimum absolute atomic E-state index is 0.0410. The topological polar surface area (TPSA) is 69.4 Å². The molecule has 0 amide bonds. The van der Waals surface area contributed by atoms with Crippen LogP contribution in [0.25, 0.3) is 0 Å². The average Bonchev–Trinajstić information content (AvgIpc) is 2.47. The summed E-state index contributed by atoms with van der Waals surface area (Å²) in [4.78, 5) is 22.3. The summed E-state index contributed by atoms with van der Waals surface area (Å²) in [5.41, 5.74) is 0.359. The van der Waals surface area contributed by atoms with Crippen molar-refractivity contribution in [2.24, 2.45) is 0 Å². The molecule has 2 aromatic rings. The molecule has 1 atom stereocenters. The molecular weight excluding hydrogens is 329 g/mol. The molecule has 114 valence electrons. The number of halogens is 2. The van der Waals surface area contributed by atoms with Crippen molar-refractivity contribution in [3.63, 3.8) is 0 Å². The Morgan fingerprint density at radius 1 is 1.18 bits per heavy atom. The van der Waals surface area contributed by atoms with Gasteiger partial charge in [-0.1, -0.05) is 41.4 Å². The molecule has 0 spiro atoms. The van der Waals surface area contributed by atoms with Crippen LogP contribution in [0.15, 0.2) is 42.5 Å². The molecule has 0 saturated carbocycles. The number of nitrogens with zero attached hydrogens (tertiary/aromatic N) is 1. The quantitative estimate of drug-likeness (QED) is 0.454. The van der Waals surface area contributed by atoms with E-state index in [-0.39, 0.29) is 16.3 Å². The molecule has 2 aromatic carbocycles. The fraction of sp³-hybridized carbons (Fsp3) is 0.133. The number of hydrogen-bond donors (Lipinski definition) is 0. The molecule has 0 N–H and O–H groups in total. The fourth-order valence-electron chi connectivity index (χ4n) is 1.88. The van der Waals surface area contributed by atoms with Crippen LogP contribution in [-0.2, 0) is 4.74 Å². The molecule has 2 rings (SSSR count). The molecule has 0 saturated heterocycles. The highest BCUT2D eigenvalue weighted by molar-refractivity contribution is 6.32. The molecule has 7 heteroatoms. The first-order valence-corrected chi connectivity index (χ1v) is 7.05. The molecule has 0 aliphatic carbocycles. The van der Waals surface area contributed by atoms with Gasteiger partial charge in [0.25, 0.3) is 5.69 Å². The van der Waals surface area contributed by atoms with Crippen molar-refractivity contribution in [1.29, 1.82) is 0 Å². The van der Waals surface area contributed by atoms with E-state index in [1.165, 1.54) is 12.1 Å². The number of carbonyl (C=O) groups excluding carboxylic acids is 1. The molecule has 0 aliphatic heterocycles. The second-order valence-electron chi connectivity index (χ2n) is 4.49. The van der Waals surface area contributed by atoms with Crippen LogP contribution < -0.4 is 0 Å². The highest BCUT2D eigenvalue weighted by atomic mass is 35.5. The largest absolute Gasteiger partial charge is 0.454 e. The molecule has 0 heterocycles. The number of benzene rings is 2. The zero-order valence-electron chi connectivity index (χ0n) is 11.5. The van der Waals surface area contributed by atoms with Crippen molar-refractivity contribution in [2.75, 3.05) is 0 Å². The number of nitro groups is 1. The molecule has 0 radical (unpaired) electrons. The van der Waals surface area contributed by atoms with E-state index in [0.717, 1.165) is 6.07 Å². The van der Waals surface area contributed by atoms with Crippen LogP contribution in [0.1, 0.15) is 28.9 Å². The van der Waals surface area contributed by atoms with Crippen molar-refractivity contribution in [3.8, 4) is 0 Å². The summed E-state index contributed by atoms with van der Waals surface area (Å²) in [6, 6.07) is 10.7. The maximum atomic E-state index is 12.1. The van der Waals surface area contributed by atoms with Gasteiger partial charge >= 0.3 is 5.97 Å². The maximum Gasteiger partial charge on any atom is 0.338 e. The van der Waals surface area contributed by atoms with E-state index in [1.54, 1.807) is 31.2 Å². The average molecular weight is 340 g/mol. The summed E-state index contributed by atoms with van der Waals surface area (Å²) in [6.45, 7) is 1.67. The minimum Gasteiger partial charge on any atom is -0.454 e. The Kier molecular flexibility index (Phi) is 5.00. The highest BCUT2D eigenvalue weighted by Gasteiger charge is 2.20. The summed E-state index contributed by atoms with van der Waals surface area (Å²) in [5.74, 6) is -0.688. The van der Waals surface area contributed by atoms with E-state index in [1.807, 2.05) is 0 Å². The monoisotopic (exact) mass is 339 g/mol. The van der Waals surface area contributed by atoms with Crippen LogP contribution in [0.4, 0.5) is 5.69 Å². The van der Waals surface area contributed by atoms with Crippen LogP contribution in [0.3, 0.4) is 0 Å². The summed E-state index contributed by atoms with van der Waals surface area (Å²) in [5, 5.41) is 11.3. The molecular formula is C15H11Cl2NO4. The van der Waals surface area contributed by atoms with E-state index in [0.29, 0.717) is 10.6 Å². The Hall–Kier alpha value is -2.11. The lowest BCUT2D eigenvalue weighted by Gasteiger charge is -2.15. The van der Waals surface area contributed by atoms with E-state index < -0.39 is 17.0 Å². The second-order valence-corrected chi connectivity index (χ2v) is 5.31. The van der Waals surface area contributed by atoms with Crippen LogP contribution in [-0.4, -0.2) is 10.9 Å². The summed E-state index contributed by atoms with van der Waals surface area (Å²) in [7, 11) is 0. The van der Waals surface area contributed by atoms with Crippen LogP contribution in [0.2, 0.25) is 10.0 Å². The Morgan fingerprint density at radius 2 is 1.86 bits per heavy atom. The van der Waals surface area contributed by atoms with Crippen LogP contribution in [0.5, 0.6) is 0 Å². The SMILES string of the molecule is C[C@@H](OC(=O)c1ccc(Cl)c([N+](=O)[O-])c1)c1ccccc1Cl. The van der Waals surface area contributed by atoms with Gasteiger partial charge in [-0.2, -0.15) is 0 Å². The summed E-state index contributed by atoms with van der Waals surface area (Å²) < 4.78 is 5.29. The number of carbonyl (C=O) groups is 1. The van der Waals surface area contributed by atoms with Crippen LogP contribution >= 0.6 is 23.2 Å². The maximum absolute atomic E-state index is 12.1. The first-order valence-electron chi connectivity index (χ1n) is 6.29. The Balaban J connectivity index is 2.21.